The first-order chi connectivity index (χ1) is 11.9. The zero-order valence-electron chi connectivity index (χ0n) is 13.7. The lowest BCUT2D eigenvalue weighted by Crippen LogP contribution is -2.14. The highest BCUT2D eigenvalue weighted by Crippen LogP contribution is 2.22. The molecule has 128 valence electrons. The van der Waals surface area contributed by atoms with Gasteiger partial charge >= 0.3 is 0 Å². The van der Waals surface area contributed by atoms with Crippen molar-refractivity contribution in [2.24, 2.45) is 0 Å². The molecule has 0 radical (unpaired) electrons. The van der Waals surface area contributed by atoms with Crippen LogP contribution < -0.4 is 4.72 Å². The molecule has 0 saturated carbocycles. The van der Waals surface area contributed by atoms with Crippen molar-refractivity contribution >= 4 is 15.7 Å². The second kappa shape index (κ2) is 7.07. The molecule has 1 N–H and O–H groups in total. The van der Waals surface area contributed by atoms with Gasteiger partial charge in [0, 0.05) is 5.69 Å². The summed E-state index contributed by atoms with van der Waals surface area (Å²) >= 11 is 0. The molecule has 3 rings (SSSR count). The van der Waals surface area contributed by atoms with Gasteiger partial charge in [-0.1, -0.05) is 48.5 Å². The fraction of sp³-hybridized carbons (Fsp3) is 0.100. The van der Waals surface area contributed by atoms with Crippen LogP contribution in [0, 0.1) is 12.7 Å². The molecule has 0 heterocycles. The van der Waals surface area contributed by atoms with Crippen molar-refractivity contribution in [3.05, 3.63) is 95.3 Å². The predicted octanol–water partition coefficient (Wildman–Crippen LogP) is 4.53. The van der Waals surface area contributed by atoms with E-state index in [1.165, 1.54) is 12.1 Å². The third kappa shape index (κ3) is 4.25. The van der Waals surface area contributed by atoms with Crippen molar-refractivity contribution in [1.29, 1.82) is 0 Å². The molecule has 0 aromatic heterocycles. The van der Waals surface area contributed by atoms with Crippen molar-refractivity contribution in [2.45, 2.75) is 18.2 Å². The summed E-state index contributed by atoms with van der Waals surface area (Å²) in [4.78, 5) is -0.0547. The smallest absolute Gasteiger partial charge is 0.262 e. The molecule has 0 atom stereocenters. The summed E-state index contributed by atoms with van der Waals surface area (Å²) < 4.78 is 41.1. The maximum absolute atomic E-state index is 13.4. The predicted molar refractivity (Wildman–Crippen MR) is 97.6 cm³/mol. The van der Waals surface area contributed by atoms with Crippen molar-refractivity contribution < 1.29 is 12.8 Å². The number of sulfonamides is 1. The Morgan fingerprint density at radius 1 is 0.880 bits per heavy atom. The van der Waals surface area contributed by atoms with E-state index in [-0.39, 0.29) is 4.90 Å². The Morgan fingerprint density at radius 3 is 2.36 bits per heavy atom. The average molecular weight is 355 g/mol. The molecular weight excluding hydrogens is 337 g/mol. The second-order valence-electron chi connectivity index (χ2n) is 5.88. The van der Waals surface area contributed by atoms with Crippen LogP contribution in [0.2, 0.25) is 0 Å². The minimum absolute atomic E-state index is 0.0547. The van der Waals surface area contributed by atoms with Crippen LogP contribution in [-0.4, -0.2) is 8.42 Å². The van der Waals surface area contributed by atoms with E-state index < -0.39 is 15.8 Å². The standard InChI is InChI=1S/C20H18FNO2S/c1-15-10-11-18(21)14-20(15)25(23,24)22-19-9-5-8-17(13-19)12-16-6-3-2-4-7-16/h2-11,13-14,22H,12H2,1H3. The van der Waals surface area contributed by atoms with Crippen LogP contribution in [0.1, 0.15) is 16.7 Å². The minimum atomic E-state index is -3.85. The molecule has 25 heavy (non-hydrogen) atoms. The quantitative estimate of drug-likeness (QED) is 0.731. The van der Waals surface area contributed by atoms with Crippen LogP contribution in [0.25, 0.3) is 0 Å². The van der Waals surface area contributed by atoms with Crippen LogP contribution >= 0.6 is 0 Å². The molecule has 0 amide bonds. The van der Waals surface area contributed by atoms with Crippen LogP contribution in [0.3, 0.4) is 0 Å². The Labute approximate surface area is 147 Å². The molecule has 3 aromatic rings. The fourth-order valence-electron chi connectivity index (χ4n) is 2.65. The Balaban J connectivity index is 1.85. The van der Waals surface area contributed by atoms with E-state index in [2.05, 4.69) is 4.72 Å². The topological polar surface area (TPSA) is 46.2 Å². The lowest BCUT2D eigenvalue weighted by molar-refractivity contribution is 0.594. The molecular formula is C20H18FNO2S. The fourth-order valence-corrected chi connectivity index (χ4v) is 3.96. The summed E-state index contributed by atoms with van der Waals surface area (Å²) in [5.41, 5.74) is 3.08. The molecule has 0 fully saturated rings. The number of hydrogen-bond donors (Lipinski definition) is 1. The molecule has 0 spiro atoms. The number of halogens is 1. The lowest BCUT2D eigenvalue weighted by Gasteiger charge is -2.11. The third-order valence-electron chi connectivity index (χ3n) is 3.87. The van der Waals surface area contributed by atoms with E-state index in [0.29, 0.717) is 17.7 Å². The maximum atomic E-state index is 13.4. The number of nitrogens with one attached hydrogen (secondary N) is 1. The molecule has 0 aliphatic carbocycles. The van der Waals surface area contributed by atoms with Crippen LogP contribution in [0.5, 0.6) is 0 Å². The molecule has 0 unspecified atom stereocenters. The summed E-state index contributed by atoms with van der Waals surface area (Å²) in [6.07, 6.45) is 0.704. The van der Waals surface area contributed by atoms with Gasteiger partial charge in [0.25, 0.3) is 10.0 Å². The van der Waals surface area contributed by atoms with E-state index in [0.717, 1.165) is 17.2 Å². The van der Waals surface area contributed by atoms with E-state index in [1.54, 1.807) is 25.1 Å². The first-order valence-corrected chi connectivity index (χ1v) is 9.34. The molecule has 3 nitrogen and oxygen atoms in total. The molecule has 5 heteroatoms. The Kier molecular flexibility index (Phi) is 4.86. The van der Waals surface area contributed by atoms with Gasteiger partial charge < -0.3 is 0 Å². The van der Waals surface area contributed by atoms with Crippen LogP contribution in [-0.2, 0) is 16.4 Å². The summed E-state index contributed by atoms with van der Waals surface area (Å²) in [7, 11) is -3.85. The molecule has 0 saturated heterocycles. The van der Waals surface area contributed by atoms with Gasteiger partial charge in [0.1, 0.15) is 5.82 Å². The van der Waals surface area contributed by atoms with Gasteiger partial charge in [-0.15, -0.1) is 0 Å². The van der Waals surface area contributed by atoms with Gasteiger partial charge in [-0.05, 0) is 54.3 Å². The lowest BCUT2D eigenvalue weighted by atomic mass is 10.0. The minimum Gasteiger partial charge on any atom is -0.280 e. The Bertz CT molecular complexity index is 986. The molecule has 0 aliphatic rings. The molecule has 0 aliphatic heterocycles. The third-order valence-corrected chi connectivity index (χ3v) is 5.39. The van der Waals surface area contributed by atoms with E-state index >= 15 is 0 Å². The number of anilines is 1. The summed E-state index contributed by atoms with van der Waals surface area (Å²) in [6.45, 7) is 1.64. The van der Waals surface area contributed by atoms with Crippen molar-refractivity contribution in [3.63, 3.8) is 0 Å². The van der Waals surface area contributed by atoms with Gasteiger partial charge in [0.2, 0.25) is 0 Å². The van der Waals surface area contributed by atoms with Crippen LogP contribution in [0.4, 0.5) is 10.1 Å². The van der Waals surface area contributed by atoms with Gasteiger partial charge in [0.05, 0.1) is 4.90 Å². The zero-order chi connectivity index (χ0) is 17.9. The normalized spacial score (nSPS) is 11.3. The largest absolute Gasteiger partial charge is 0.280 e. The zero-order valence-corrected chi connectivity index (χ0v) is 14.6. The van der Waals surface area contributed by atoms with Gasteiger partial charge in [-0.25, -0.2) is 12.8 Å². The van der Waals surface area contributed by atoms with E-state index in [9.17, 15) is 12.8 Å². The van der Waals surface area contributed by atoms with Crippen LogP contribution in [0.15, 0.2) is 77.7 Å². The summed E-state index contributed by atoms with van der Waals surface area (Å²) in [5, 5.41) is 0. The summed E-state index contributed by atoms with van der Waals surface area (Å²) in [6, 6.07) is 20.9. The van der Waals surface area contributed by atoms with Crippen molar-refractivity contribution in [1.82, 2.24) is 0 Å². The first-order valence-electron chi connectivity index (χ1n) is 7.86. The second-order valence-corrected chi connectivity index (χ2v) is 7.53. The highest BCUT2D eigenvalue weighted by molar-refractivity contribution is 7.92. The van der Waals surface area contributed by atoms with Gasteiger partial charge in [0.15, 0.2) is 0 Å². The molecule has 3 aromatic carbocycles. The SMILES string of the molecule is Cc1ccc(F)cc1S(=O)(=O)Nc1cccc(Cc2ccccc2)c1. The highest BCUT2D eigenvalue weighted by Gasteiger charge is 2.18. The maximum Gasteiger partial charge on any atom is 0.262 e. The molecule has 0 bridgehead atoms. The van der Waals surface area contributed by atoms with Crippen molar-refractivity contribution in [2.75, 3.05) is 4.72 Å². The monoisotopic (exact) mass is 355 g/mol. The summed E-state index contributed by atoms with van der Waals surface area (Å²) in [5.74, 6) is -0.580. The average Bonchev–Trinajstić information content (AvgIpc) is 2.58. The van der Waals surface area contributed by atoms with Crippen molar-refractivity contribution in [3.8, 4) is 0 Å². The number of aryl methyl sites for hydroxylation is 1. The first kappa shape index (κ1) is 17.2. The Hall–Kier alpha value is -2.66. The van der Waals surface area contributed by atoms with Gasteiger partial charge in [-0.3, -0.25) is 4.72 Å². The number of rotatable bonds is 5. The number of benzene rings is 3. The van der Waals surface area contributed by atoms with Gasteiger partial charge in [-0.2, -0.15) is 0 Å². The highest BCUT2D eigenvalue weighted by atomic mass is 32.2. The van der Waals surface area contributed by atoms with E-state index in [1.807, 2.05) is 36.4 Å². The Morgan fingerprint density at radius 2 is 1.60 bits per heavy atom. The van der Waals surface area contributed by atoms with E-state index in [4.69, 9.17) is 0 Å². The number of hydrogen-bond acceptors (Lipinski definition) is 2.